The van der Waals surface area contributed by atoms with E-state index in [4.69, 9.17) is 4.43 Å². The van der Waals surface area contributed by atoms with Crippen molar-refractivity contribution in [3.05, 3.63) is 72.3 Å². The third-order valence-corrected chi connectivity index (χ3v) is 6.10. The largest absolute Gasteiger partial charge is 0.413 e. The molecule has 0 spiro atoms. The first-order valence-electron chi connectivity index (χ1n) is 8.05. The summed E-state index contributed by atoms with van der Waals surface area (Å²) in [6.45, 7) is 10.9. The highest BCUT2D eigenvalue weighted by Gasteiger charge is 2.19. The van der Waals surface area contributed by atoms with E-state index in [2.05, 4.69) is 75.9 Å². The Labute approximate surface area is 137 Å². The normalized spacial score (nSPS) is 12.0. The molecule has 1 nitrogen and oxygen atoms in total. The standard InChI is InChI=1S/C20H26OSi/c1-5-20(4,6-2)21-22-19-14-10-13-18(15-19)16(3)17-11-8-7-9-12-17/h7-15H,3,5-6,22H2,1-2,4H3. The van der Waals surface area contributed by atoms with Crippen LogP contribution in [0.15, 0.2) is 61.2 Å². The summed E-state index contributed by atoms with van der Waals surface area (Å²) in [4.78, 5) is 0. The Morgan fingerprint density at radius 2 is 1.64 bits per heavy atom. The van der Waals surface area contributed by atoms with Gasteiger partial charge in [0.25, 0.3) is 0 Å². The van der Waals surface area contributed by atoms with E-state index in [1.165, 1.54) is 16.3 Å². The predicted octanol–water partition coefficient (Wildman–Crippen LogP) is 4.05. The molecule has 0 N–H and O–H groups in total. The van der Waals surface area contributed by atoms with Crippen LogP contribution >= 0.6 is 0 Å². The van der Waals surface area contributed by atoms with E-state index in [0.29, 0.717) is 0 Å². The molecule has 0 saturated heterocycles. The predicted molar refractivity (Wildman–Crippen MR) is 99.3 cm³/mol. The van der Waals surface area contributed by atoms with Gasteiger partial charge >= 0.3 is 0 Å². The van der Waals surface area contributed by atoms with E-state index in [-0.39, 0.29) is 5.60 Å². The van der Waals surface area contributed by atoms with Gasteiger partial charge < -0.3 is 4.43 Å². The van der Waals surface area contributed by atoms with Crippen molar-refractivity contribution in [3.63, 3.8) is 0 Å². The fourth-order valence-electron chi connectivity index (χ4n) is 2.37. The van der Waals surface area contributed by atoms with Gasteiger partial charge in [-0.25, -0.2) is 0 Å². The molecular weight excluding hydrogens is 284 g/mol. The monoisotopic (exact) mass is 310 g/mol. The minimum Gasteiger partial charge on any atom is -0.413 e. The molecule has 2 aromatic rings. The van der Waals surface area contributed by atoms with E-state index in [1.807, 2.05) is 6.07 Å². The molecule has 0 heterocycles. The fraction of sp³-hybridized carbons (Fsp3) is 0.300. The Hall–Kier alpha value is -1.64. The van der Waals surface area contributed by atoms with Crippen LogP contribution in [0.4, 0.5) is 0 Å². The fourth-order valence-corrected chi connectivity index (χ4v) is 3.83. The molecule has 0 radical (unpaired) electrons. The zero-order valence-electron chi connectivity index (χ0n) is 13.9. The van der Waals surface area contributed by atoms with E-state index in [0.717, 1.165) is 18.4 Å². The molecule has 0 amide bonds. The van der Waals surface area contributed by atoms with E-state index in [1.54, 1.807) is 0 Å². The zero-order valence-corrected chi connectivity index (χ0v) is 15.3. The molecule has 0 bridgehead atoms. The Morgan fingerprint density at radius 1 is 1.00 bits per heavy atom. The van der Waals surface area contributed by atoms with Crippen molar-refractivity contribution < 1.29 is 4.43 Å². The minimum absolute atomic E-state index is 0.0265. The third-order valence-electron chi connectivity index (χ3n) is 4.48. The van der Waals surface area contributed by atoms with Gasteiger partial charge in [0.05, 0.1) is 5.60 Å². The van der Waals surface area contributed by atoms with Crippen molar-refractivity contribution in [1.82, 2.24) is 0 Å². The van der Waals surface area contributed by atoms with Gasteiger partial charge in [-0.2, -0.15) is 0 Å². The molecule has 0 saturated carbocycles. The minimum atomic E-state index is -0.712. The molecular formula is C20H26OSi. The van der Waals surface area contributed by atoms with Gasteiger partial charge in [0.15, 0.2) is 9.76 Å². The second kappa shape index (κ2) is 7.57. The summed E-state index contributed by atoms with van der Waals surface area (Å²) in [5.74, 6) is 0. The molecule has 0 aliphatic carbocycles. The third kappa shape index (κ3) is 4.18. The molecule has 0 aliphatic heterocycles. The zero-order chi connectivity index (χ0) is 16.0. The first-order chi connectivity index (χ1) is 10.6. The van der Waals surface area contributed by atoms with Crippen LogP contribution in [0.2, 0.25) is 0 Å². The number of hydrogen-bond donors (Lipinski definition) is 0. The molecule has 0 fully saturated rings. The van der Waals surface area contributed by atoms with Crippen molar-refractivity contribution >= 4 is 20.5 Å². The second-order valence-corrected chi connectivity index (χ2v) is 7.38. The molecule has 22 heavy (non-hydrogen) atoms. The summed E-state index contributed by atoms with van der Waals surface area (Å²) in [5, 5.41) is 1.34. The maximum Gasteiger partial charge on any atom is 0.193 e. The van der Waals surface area contributed by atoms with Gasteiger partial charge in [0.2, 0.25) is 0 Å². The maximum atomic E-state index is 6.26. The van der Waals surface area contributed by atoms with Crippen LogP contribution in [0.1, 0.15) is 44.7 Å². The first-order valence-corrected chi connectivity index (χ1v) is 9.34. The second-order valence-electron chi connectivity index (χ2n) is 5.99. The van der Waals surface area contributed by atoms with Crippen molar-refractivity contribution in [2.75, 3.05) is 0 Å². The van der Waals surface area contributed by atoms with Crippen LogP contribution in [0.3, 0.4) is 0 Å². The summed E-state index contributed by atoms with van der Waals surface area (Å²) in [6.07, 6.45) is 2.12. The van der Waals surface area contributed by atoms with E-state index < -0.39 is 9.76 Å². The Balaban J connectivity index is 2.12. The van der Waals surface area contributed by atoms with E-state index in [9.17, 15) is 0 Å². The highest BCUT2D eigenvalue weighted by Crippen LogP contribution is 2.21. The topological polar surface area (TPSA) is 9.23 Å². The van der Waals surface area contributed by atoms with Crippen molar-refractivity contribution in [2.45, 2.75) is 39.2 Å². The van der Waals surface area contributed by atoms with E-state index >= 15 is 0 Å². The first kappa shape index (κ1) is 16.7. The summed E-state index contributed by atoms with van der Waals surface area (Å²) >= 11 is 0. The average Bonchev–Trinajstić information content (AvgIpc) is 2.60. The lowest BCUT2D eigenvalue weighted by Gasteiger charge is -2.28. The Kier molecular flexibility index (Phi) is 5.75. The highest BCUT2D eigenvalue weighted by molar-refractivity contribution is 6.47. The van der Waals surface area contributed by atoms with Gasteiger partial charge in [-0.15, -0.1) is 0 Å². The lowest BCUT2D eigenvalue weighted by Crippen LogP contribution is -2.33. The number of rotatable bonds is 7. The summed E-state index contributed by atoms with van der Waals surface area (Å²) < 4.78 is 6.26. The molecule has 2 heteroatoms. The Bertz CT molecular complexity index is 615. The van der Waals surface area contributed by atoms with Crippen LogP contribution in [-0.2, 0) is 4.43 Å². The SMILES string of the molecule is C=C(c1ccccc1)c1cccc([SiH2]OC(C)(CC)CC)c1. The summed E-state index contributed by atoms with van der Waals surface area (Å²) in [6, 6.07) is 19.0. The number of hydrogen-bond acceptors (Lipinski definition) is 1. The average molecular weight is 311 g/mol. The lowest BCUT2D eigenvalue weighted by molar-refractivity contribution is 0.0882. The maximum absolute atomic E-state index is 6.26. The molecule has 2 aromatic carbocycles. The van der Waals surface area contributed by atoms with Crippen LogP contribution in [0.25, 0.3) is 5.57 Å². The quantitative estimate of drug-likeness (QED) is 0.701. The molecule has 0 aromatic heterocycles. The van der Waals surface area contributed by atoms with Crippen molar-refractivity contribution in [3.8, 4) is 0 Å². The lowest BCUT2D eigenvalue weighted by atomic mass is 10.00. The molecule has 0 atom stereocenters. The van der Waals surface area contributed by atoms with Crippen LogP contribution < -0.4 is 5.19 Å². The molecule has 116 valence electrons. The van der Waals surface area contributed by atoms with Gasteiger partial charge in [-0.05, 0) is 41.7 Å². The van der Waals surface area contributed by atoms with Crippen molar-refractivity contribution in [2.24, 2.45) is 0 Å². The van der Waals surface area contributed by atoms with Gasteiger partial charge in [-0.1, -0.05) is 75.0 Å². The van der Waals surface area contributed by atoms with Gasteiger partial charge in [-0.3, -0.25) is 0 Å². The molecule has 2 rings (SSSR count). The van der Waals surface area contributed by atoms with Crippen molar-refractivity contribution in [1.29, 1.82) is 0 Å². The molecule has 0 aliphatic rings. The Morgan fingerprint density at radius 3 is 2.27 bits per heavy atom. The highest BCUT2D eigenvalue weighted by atomic mass is 28.2. The summed E-state index contributed by atoms with van der Waals surface area (Å²) in [7, 11) is -0.712. The smallest absolute Gasteiger partial charge is 0.193 e. The van der Waals surface area contributed by atoms with Gasteiger partial charge in [0, 0.05) is 0 Å². The number of benzene rings is 2. The van der Waals surface area contributed by atoms with Gasteiger partial charge in [0.1, 0.15) is 0 Å². The molecule has 0 unspecified atom stereocenters. The summed E-state index contributed by atoms with van der Waals surface area (Å²) in [5.41, 5.74) is 3.47. The van der Waals surface area contributed by atoms with Crippen LogP contribution in [0.5, 0.6) is 0 Å². The van der Waals surface area contributed by atoms with Crippen LogP contribution in [-0.4, -0.2) is 15.4 Å². The van der Waals surface area contributed by atoms with Crippen LogP contribution in [0, 0.1) is 0 Å².